The van der Waals surface area contributed by atoms with Gasteiger partial charge in [-0.25, -0.2) is 4.79 Å². The first kappa shape index (κ1) is 12.5. The molecule has 0 aliphatic heterocycles. The molecule has 0 amide bonds. The number of hydrogen-bond donors (Lipinski definition) is 1. The molecule has 0 fully saturated rings. The third-order valence-corrected chi connectivity index (χ3v) is 2.95. The maximum atomic E-state index is 12.0. The zero-order chi connectivity index (χ0) is 13.1. The average molecular weight is 263 g/mol. The first-order valence-corrected chi connectivity index (χ1v) is 6.29. The molecule has 0 saturated carbocycles. The number of ether oxygens (including phenoxy) is 1. The van der Waals surface area contributed by atoms with E-state index in [-0.39, 0.29) is 12.1 Å². The van der Waals surface area contributed by atoms with Crippen LogP contribution in [-0.2, 0) is 4.74 Å². The van der Waals surface area contributed by atoms with Gasteiger partial charge < -0.3 is 10.5 Å². The molecule has 5 nitrogen and oxygen atoms in total. The fourth-order valence-corrected chi connectivity index (χ4v) is 2.12. The second-order valence-corrected chi connectivity index (χ2v) is 4.95. The number of benzene rings is 1. The molecule has 0 aliphatic carbocycles. The normalized spacial score (nSPS) is 10.6. The Morgan fingerprint density at radius 3 is 2.67 bits per heavy atom. The maximum Gasteiger partial charge on any atom is 0.339 e. The van der Waals surface area contributed by atoms with Crippen molar-refractivity contribution in [2.75, 3.05) is 5.73 Å². The standard InChI is InChI=1S/C12H13N3O2S/c1-7(2)17-11(16)9-6-4-3-5-8(9)10-14-15-12(13)18-10/h3-7H,1-2H3,(H2,13,15). The van der Waals surface area contributed by atoms with Gasteiger partial charge in [0, 0.05) is 5.56 Å². The van der Waals surface area contributed by atoms with E-state index in [1.54, 1.807) is 18.2 Å². The van der Waals surface area contributed by atoms with Crippen LogP contribution in [0.1, 0.15) is 24.2 Å². The molecule has 0 spiro atoms. The minimum Gasteiger partial charge on any atom is -0.459 e. The van der Waals surface area contributed by atoms with E-state index in [0.29, 0.717) is 21.3 Å². The van der Waals surface area contributed by atoms with E-state index in [0.717, 1.165) is 0 Å². The van der Waals surface area contributed by atoms with Crippen LogP contribution in [0.2, 0.25) is 0 Å². The number of nitrogens with two attached hydrogens (primary N) is 1. The van der Waals surface area contributed by atoms with Crippen LogP contribution >= 0.6 is 11.3 Å². The molecule has 0 unspecified atom stereocenters. The molecule has 6 heteroatoms. The van der Waals surface area contributed by atoms with Gasteiger partial charge in [0.2, 0.25) is 5.13 Å². The van der Waals surface area contributed by atoms with Crippen LogP contribution in [0.4, 0.5) is 5.13 Å². The summed E-state index contributed by atoms with van der Waals surface area (Å²) in [6.07, 6.45) is -0.162. The van der Waals surface area contributed by atoms with Crippen molar-refractivity contribution in [1.29, 1.82) is 0 Å². The highest BCUT2D eigenvalue weighted by molar-refractivity contribution is 7.18. The Balaban J connectivity index is 2.40. The van der Waals surface area contributed by atoms with Crippen molar-refractivity contribution >= 4 is 22.4 Å². The Morgan fingerprint density at radius 2 is 2.06 bits per heavy atom. The zero-order valence-electron chi connectivity index (χ0n) is 10.1. The predicted molar refractivity (Wildman–Crippen MR) is 70.3 cm³/mol. The lowest BCUT2D eigenvalue weighted by Crippen LogP contribution is -2.12. The molecular weight excluding hydrogens is 250 g/mol. The number of hydrogen-bond acceptors (Lipinski definition) is 6. The van der Waals surface area contributed by atoms with Crippen molar-refractivity contribution < 1.29 is 9.53 Å². The van der Waals surface area contributed by atoms with Gasteiger partial charge in [-0.3, -0.25) is 0 Å². The molecule has 2 N–H and O–H groups in total. The van der Waals surface area contributed by atoms with Crippen molar-refractivity contribution in [3.8, 4) is 10.6 Å². The summed E-state index contributed by atoms with van der Waals surface area (Å²) in [5, 5.41) is 8.68. The first-order chi connectivity index (χ1) is 8.58. The summed E-state index contributed by atoms with van der Waals surface area (Å²) in [7, 11) is 0. The van der Waals surface area contributed by atoms with Gasteiger partial charge in [0.25, 0.3) is 0 Å². The van der Waals surface area contributed by atoms with Crippen LogP contribution in [-0.4, -0.2) is 22.3 Å². The highest BCUT2D eigenvalue weighted by atomic mass is 32.1. The number of nitrogens with zero attached hydrogens (tertiary/aromatic N) is 2. The predicted octanol–water partition coefficient (Wildman–Crippen LogP) is 2.35. The van der Waals surface area contributed by atoms with Crippen LogP contribution in [0.3, 0.4) is 0 Å². The number of aromatic nitrogens is 2. The van der Waals surface area contributed by atoms with Gasteiger partial charge in [-0.1, -0.05) is 29.5 Å². The number of carbonyl (C=O) groups is 1. The fraction of sp³-hybridized carbons (Fsp3) is 0.250. The highest BCUT2D eigenvalue weighted by Crippen LogP contribution is 2.28. The molecule has 2 aromatic rings. The lowest BCUT2D eigenvalue weighted by Gasteiger charge is -2.09. The summed E-state index contributed by atoms with van der Waals surface area (Å²) in [6.45, 7) is 3.62. The first-order valence-electron chi connectivity index (χ1n) is 5.47. The van der Waals surface area contributed by atoms with Gasteiger partial charge in [0.15, 0.2) is 0 Å². The number of carbonyl (C=O) groups excluding carboxylic acids is 1. The van der Waals surface area contributed by atoms with Crippen molar-refractivity contribution in [1.82, 2.24) is 10.2 Å². The van der Waals surface area contributed by atoms with Crippen LogP contribution in [0, 0.1) is 0 Å². The number of rotatable bonds is 3. The third kappa shape index (κ3) is 2.65. The van der Waals surface area contributed by atoms with Gasteiger partial charge in [-0.2, -0.15) is 0 Å². The van der Waals surface area contributed by atoms with Crippen LogP contribution in [0.5, 0.6) is 0 Å². The summed E-state index contributed by atoms with van der Waals surface area (Å²) in [5.74, 6) is -0.366. The van der Waals surface area contributed by atoms with E-state index < -0.39 is 0 Å². The molecule has 18 heavy (non-hydrogen) atoms. The fourth-order valence-electron chi connectivity index (χ4n) is 1.47. The topological polar surface area (TPSA) is 78.1 Å². The van der Waals surface area contributed by atoms with Gasteiger partial charge >= 0.3 is 5.97 Å². The molecule has 1 aromatic heterocycles. The summed E-state index contributed by atoms with van der Waals surface area (Å²) in [6, 6.07) is 7.12. The van der Waals surface area contributed by atoms with E-state index in [1.165, 1.54) is 11.3 Å². The largest absolute Gasteiger partial charge is 0.459 e. The average Bonchev–Trinajstić information content (AvgIpc) is 2.75. The zero-order valence-corrected chi connectivity index (χ0v) is 10.9. The molecule has 2 rings (SSSR count). The Kier molecular flexibility index (Phi) is 3.57. The summed E-state index contributed by atoms with van der Waals surface area (Å²) < 4.78 is 5.19. The molecule has 1 aromatic carbocycles. The second-order valence-electron chi connectivity index (χ2n) is 3.95. The minimum absolute atomic E-state index is 0.162. The van der Waals surface area contributed by atoms with E-state index in [1.807, 2.05) is 19.9 Å². The molecule has 94 valence electrons. The molecule has 0 atom stereocenters. The van der Waals surface area contributed by atoms with Gasteiger partial charge in [-0.05, 0) is 19.9 Å². The monoisotopic (exact) mass is 263 g/mol. The van der Waals surface area contributed by atoms with Crippen LogP contribution in [0.25, 0.3) is 10.6 Å². The highest BCUT2D eigenvalue weighted by Gasteiger charge is 2.17. The lowest BCUT2D eigenvalue weighted by molar-refractivity contribution is 0.0379. The van der Waals surface area contributed by atoms with E-state index in [4.69, 9.17) is 10.5 Å². The smallest absolute Gasteiger partial charge is 0.339 e. The van der Waals surface area contributed by atoms with Crippen LogP contribution in [0.15, 0.2) is 24.3 Å². The second kappa shape index (κ2) is 5.14. The maximum absolute atomic E-state index is 12.0. The Bertz CT molecular complexity index is 566. The third-order valence-electron chi connectivity index (χ3n) is 2.16. The Hall–Kier alpha value is -1.95. The van der Waals surface area contributed by atoms with Crippen LogP contribution < -0.4 is 5.73 Å². The van der Waals surface area contributed by atoms with Gasteiger partial charge in [-0.15, -0.1) is 10.2 Å². The SMILES string of the molecule is CC(C)OC(=O)c1ccccc1-c1nnc(N)s1. The summed E-state index contributed by atoms with van der Waals surface area (Å²) in [4.78, 5) is 12.0. The van der Waals surface area contributed by atoms with E-state index >= 15 is 0 Å². The van der Waals surface area contributed by atoms with Crippen molar-refractivity contribution in [3.05, 3.63) is 29.8 Å². The number of nitrogen functional groups attached to an aromatic ring is 1. The Morgan fingerprint density at radius 1 is 1.33 bits per heavy atom. The molecule has 0 radical (unpaired) electrons. The summed E-state index contributed by atoms with van der Waals surface area (Å²) >= 11 is 1.24. The van der Waals surface area contributed by atoms with E-state index in [2.05, 4.69) is 10.2 Å². The van der Waals surface area contributed by atoms with Gasteiger partial charge in [0.05, 0.1) is 11.7 Å². The number of anilines is 1. The quantitative estimate of drug-likeness (QED) is 0.860. The molecule has 1 heterocycles. The van der Waals surface area contributed by atoms with Gasteiger partial charge in [0.1, 0.15) is 5.01 Å². The molecule has 0 aliphatic rings. The summed E-state index contributed by atoms with van der Waals surface area (Å²) in [5.41, 5.74) is 6.72. The van der Waals surface area contributed by atoms with Crippen molar-refractivity contribution in [2.45, 2.75) is 20.0 Å². The molecule has 0 saturated heterocycles. The molecule has 0 bridgehead atoms. The number of esters is 1. The van der Waals surface area contributed by atoms with Crippen molar-refractivity contribution in [2.24, 2.45) is 0 Å². The lowest BCUT2D eigenvalue weighted by atomic mass is 10.1. The minimum atomic E-state index is -0.366. The molecular formula is C12H13N3O2S. The van der Waals surface area contributed by atoms with E-state index in [9.17, 15) is 4.79 Å². The van der Waals surface area contributed by atoms with Crippen molar-refractivity contribution in [3.63, 3.8) is 0 Å². The Labute approximate surface area is 109 Å².